The summed E-state index contributed by atoms with van der Waals surface area (Å²) >= 11 is 18.0. The van der Waals surface area contributed by atoms with E-state index in [9.17, 15) is 0 Å². The maximum Gasteiger partial charge on any atom is 0.158 e. The second-order valence-corrected chi connectivity index (χ2v) is 32.3. The van der Waals surface area contributed by atoms with E-state index in [0.717, 1.165) is 34.7 Å². The van der Waals surface area contributed by atoms with Gasteiger partial charge in [-0.25, -0.2) is 0 Å². The van der Waals surface area contributed by atoms with Crippen molar-refractivity contribution in [3.8, 4) is 50.4 Å². The summed E-state index contributed by atoms with van der Waals surface area (Å²) in [5.74, 6) is 4.08. The van der Waals surface area contributed by atoms with Gasteiger partial charge in [0.15, 0.2) is 10.0 Å². The molecule has 0 amide bonds. The van der Waals surface area contributed by atoms with Gasteiger partial charge in [0, 0.05) is 62.3 Å². The Kier molecular flexibility index (Phi) is 27.9. The molecule has 2 unspecified atom stereocenters. The molecule has 0 aliphatic carbocycles. The van der Waals surface area contributed by atoms with Crippen LogP contribution in [0.2, 0.25) is 0 Å². The molecule has 7 heterocycles. The second kappa shape index (κ2) is 34.8. The van der Waals surface area contributed by atoms with Crippen molar-refractivity contribution in [2.45, 2.75) is 243 Å². The molecular formula is C68H94N2S9. The van der Waals surface area contributed by atoms with Crippen molar-refractivity contribution in [3.63, 3.8) is 0 Å². The summed E-state index contributed by atoms with van der Waals surface area (Å²) in [6, 6.07) is 19.9. The number of thioether (sulfide) groups is 2. The highest BCUT2D eigenvalue weighted by atomic mass is 32.2. The molecule has 79 heavy (non-hydrogen) atoms. The van der Waals surface area contributed by atoms with Crippen LogP contribution in [0.1, 0.15) is 232 Å². The number of nitrogens with zero attached hydrogens (tertiary/aromatic N) is 2. The van der Waals surface area contributed by atoms with E-state index in [-0.39, 0.29) is 0 Å². The third-order valence-electron chi connectivity index (χ3n) is 16.0. The Morgan fingerprint density at radius 3 is 1.52 bits per heavy atom. The molecule has 0 fully saturated rings. The summed E-state index contributed by atoms with van der Waals surface area (Å²) in [6.07, 6.45) is 39.8. The number of aryl methyl sites for hydroxylation is 2. The van der Waals surface area contributed by atoms with Crippen molar-refractivity contribution in [2.75, 3.05) is 11.5 Å². The van der Waals surface area contributed by atoms with E-state index >= 15 is 0 Å². The molecule has 0 aliphatic heterocycles. The van der Waals surface area contributed by atoms with Crippen LogP contribution in [-0.2, 0) is 12.8 Å². The molecule has 0 saturated heterocycles. The number of unbranched alkanes of at least 4 members (excludes halogenated alkanes) is 18. The molecule has 0 radical (unpaired) electrons. The van der Waals surface area contributed by atoms with Crippen molar-refractivity contribution >= 4 is 123 Å². The van der Waals surface area contributed by atoms with Gasteiger partial charge in [-0.3, -0.25) is 0 Å². The van der Waals surface area contributed by atoms with Crippen molar-refractivity contribution in [1.29, 1.82) is 0 Å². The lowest BCUT2D eigenvalue weighted by Crippen LogP contribution is -2.04. The summed E-state index contributed by atoms with van der Waals surface area (Å²) < 4.78 is 5.85. The number of aromatic nitrogens is 2. The van der Waals surface area contributed by atoms with Gasteiger partial charge >= 0.3 is 0 Å². The molecule has 11 heteroatoms. The van der Waals surface area contributed by atoms with Crippen LogP contribution in [-0.4, -0.2) is 21.7 Å². The molecule has 430 valence electrons. The topological polar surface area (TPSA) is 25.8 Å². The number of fused-ring (bicyclic) bond motifs is 2. The fourth-order valence-corrected chi connectivity index (χ4v) is 21.7. The van der Waals surface area contributed by atoms with Crippen LogP contribution in [0.25, 0.3) is 70.6 Å². The molecule has 0 aliphatic rings. The van der Waals surface area contributed by atoms with Gasteiger partial charge in [-0.15, -0.1) is 102 Å². The minimum atomic E-state index is 0.805. The Morgan fingerprint density at radius 2 is 0.924 bits per heavy atom. The number of thiophene rings is 6. The normalized spacial score (nSPS) is 12.8. The van der Waals surface area contributed by atoms with Crippen LogP contribution in [0.3, 0.4) is 0 Å². The van der Waals surface area contributed by atoms with Gasteiger partial charge in [0.2, 0.25) is 0 Å². The third kappa shape index (κ3) is 18.6. The first-order valence-electron chi connectivity index (χ1n) is 31.4. The summed E-state index contributed by atoms with van der Waals surface area (Å²) in [5, 5.41) is 19.5. The van der Waals surface area contributed by atoms with E-state index in [1.165, 1.54) is 271 Å². The maximum absolute atomic E-state index is 4.95. The lowest BCUT2D eigenvalue weighted by Gasteiger charge is -2.15. The molecule has 7 aromatic heterocycles. The fourth-order valence-electron chi connectivity index (χ4n) is 11.3. The minimum absolute atomic E-state index is 0.805. The highest BCUT2D eigenvalue weighted by Crippen LogP contribution is 2.55. The lowest BCUT2D eigenvalue weighted by atomic mass is 9.97. The summed E-state index contributed by atoms with van der Waals surface area (Å²) in [4.78, 5) is 8.24. The third-order valence-corrected chi connectivity index (χ3v) is 26.8. The number of rotatable bonds is 41. The van der Waals surface area contributed by atoms with Gasteiger partial charge in [-0.05, 0) is 134 Å². The highest BCUT2D eigenvalue weighted by molar-refractivity contribution is 8.01. The fraction of sp³-hybridized carbons (Fsp3) is 0.588. The van der Waals surface area contributed by atoms with Crippen LogP contribution in [0.5, 0.6) is 0 Å². The monoisotopic (exact) mass is 1230 g/mol. The lowest BCUT2D eigenvalue weighted by molar-refractivity contribution is 0.451. The van der Waals surface area contributed by atoms with Crippen LogP contribution in [0.4, 0.5) is 0 Å². The van der Waals surface area contributed by atoms with E-state index in [2.05, 4.69) is 136 Å². The SMILES string of the molecule is CCCCCCCCc1csc(-c2nnc(-c3cc(CCCCCCCC)c(-c4cc5c(-c6ccc(SCC(CCCC)CCCCCC)s6)c6sccc6c(-c6ccc(SCC(CCCC)CCCCCC)s6)c5s4)s3)s2)c1. The Bertz CT molecular complexity index is 2830. The predicted molar refractivity (Wildman–Crippen MR) is 369 cm³/mol. The average Bonchev–Trinajstić information content (AvgIpc) is 4.31. The van der Waals surface area contributed by atoms with Gasteiger partial charge in [-0.1, -0.05) is 194 Å². The van der Waals surface area contributed by atoms with Gasteiger partial charge in [-0.2, -0.15) is 0 Å². The van der Waals surface area contributed by atoms with E-state index in [4.69, 9.17) is 10.2 Å². The molecule has 0 N–H and O–H groups in total. The molecule has 2 atom stereocenters. The Labute approximate surface area is 515 Å². The molecule has 0 spiro atoms. The van der Waals surface area contributed by atoms with Crippen LogP contribution in [0, 0.1) is 11.8 Å². The predicted octanol–water partition coefficient (Wildman–Crippen LogP) is 27.1. The van der Waals surface area contributed by atoms with Gasteiger partial charge in [0.05, 0.1) is 18.2 Å². The first kappa shape index (κ1) is 63.2. The van der Waals surface area contributed by atoms with E-state index in [1.807, 2.05) is 56.7 Å². The first-order valence-corrected chi connectivity index (χ1v) is 39.2. The Hall–Kier alpha value is -1.80. The highest BCUT2D eigenvalue weighted by Gasteiger charge is 2.26. The number of benzene rings is 1. The van der Waals surface area contributed by atoms with E-state index in [0.29, 0.717) is 0 Å². The minimum Gasteiger partial charge on any atom is -0.143 e. The molecule has 8 rings (SSSR count). The second-order valence-electron chi connectivity index (χ2n) is 22.6. The first-order chi connectivity index (χ1) is 38.9. The zero-order valence-electron chi connectivity index (χ0n) is 49.1. The summed E-state index contributed by atoms with van der Waals surface area (Å²) in [5.41, 5.74) is 5.85. The van der Waals surface area contributed by atoms with Crippen molar-refractivity contribution in [1.82, 2.24) is 10.2 Å². The van der Waals surface area contributed by atoms with E-state index in [1.54, 1.807) is 11.3 Å². The quantitative estimate of drug-likeness (QED) is 0.0282. The van der Waals surface area contributed by atoms with Gasteiger partial charge in [0.25, 0.3) is 0 Å². The Balaban J connectivity index is 1.15. The zero-order chi connectivity index (χ0) is 55.0. The van der Waals surface area contributed by atoms with Crippen molar-refractivity contribution < 1.29 is 0 Å². The van der Waals surface area contributed by atoms with Crippen LogP contribution in [0.15, 0.2) is 67.7 Å². The number of hydrogen-bond acceptors (Lipinski definition) is 11. The smallest absolute Gasteiger partial charge is 0.143 e. The molecule has 0 saturated carbocycles. The largest absolute Gasteiger partial charge is 0.158 e. The van der Waals surface area contributed by atoms with Crippen molar-refractivity contribution in [2.24, 2.45) is 11.8 Å². The average molecular weight is 1230 g/mol. The molecule has 0 bridgehead atoms. The maximum atomic E-state index is 4.95. The zero-order valence-corrected chi connectivity index (χ0v) is 56.5. The number of hydrogen-bond donors (Lipinski definition) is 0. The molecular weight excluding hydrogens is 1130 g/mol. The van der Waals surface area contributed by atoms with E-state index < -0.39 is 0 Å². The molecule has 1 aromatic carbocycles. The van der Waals surface area contributed by atoms with Crippen LogP contribution < -0.4 is 0 Å². The Morgan fingerprint density at radius 1 is 0.405 bits per heavy atom. The van der Waals surface area contributed by atoms with Gasteiger partial charge in [0.1, 0.15) is 0 Å². The van der Waals surface area contributed by atoms with Crippen LogP contribution >= 0.6 is 103 Å². The van der Waals surface area contributed by atoms with Gasteiger partial charge < -0.3 is 0 Å². The van der Waals surface area contributed by atoms with Crippen molar-refractivity contribution in [3.05, 3.63) is 70.4 Å². The molecule has 8 aromatic rings. The standard InChI is InChI=1S/C68H94N2S9/c1-7-13-19-23-25-29-35-51-43-58(72-48-51)67-69-70-68(79-67)59-44-52(36-30-26-24-20-14-8-2)64(78-59)57-45-54-63(56-38-40-61(76-56)74-47-50(32-18-12-6)34-28-22-16-10-4)65-53(41-42-71-65)62(66(54)77-57)55-37-39-60(75-55)73-46-49(31-17-11-5)33-27-21-15-9-3/h37-45,48-50H,7-36,46-47H2,1-6H3. The summed E-state index contributed by atoms with van der Waals surface area (Å²) in [7, 11) is 0. The summed E-state index contributed by atoms with van der Waals surface area (Å²) in [6.45, 7) is 14.0. The molecule has 2 nitrogen and oxygen atoms in total.